The van der Waals surface area contributed by atoms with Gasteiger partial charge in [-0.3, -0.25) is 14.5 Å². The summed E-state index contributed by atoms with van der Waals surface area (Å²) in [5, 5.41) is 8.96. The van der Waals surface area contributed by atoms with E-state index in [9.17, 15) is 14.4 Å². The molecule has 2 amide bonds. The Kier molecular flexibility index (Phi) is 5.57. The van der Waals surface area contributed by atoms with Crippen molar-refractivity contribution in [3.63, 3.8) is 0 Å². The Labute approximate surface area is 124 Å². The van der Waals surface area contributed by atoms with Gasteiger partial charge in [0.2, 0.25) is 5.91 Å². The minimum absolute atomic E-state index is 0.215. The van der Waals surface area contributed by atoms with Gasteiger partial charge in [-0.25, -0.2) is 4.79 Å². The highest BCUT2D eigenvalue weighted by Gasteiger charge is 2.33. The fourth-order valence-electron chi connectivity index (χ4n) is 2.22. The fraction of sp³-hybridized carbons (Fsp3) is 0.786. The average Bonchev–Trinajstić information content (AvgIpc) is 2.31. The normalized spacial score (nSPS) is 19.6. The first-order chi connectivity index (χ1) is 9.61. The molecule has 1 N–H and O–H groups in total. The number of ether oxygens (including phenoxy) is 1. The van der Waals surface area contributed by atoms with Gasteiger partial charge in [-0.1, -0.05) is 0 Å². The second-order valence-electron chi connectivity index (χ2n) is 6.17. The summed E-state index contributed by atoms with van der Waals surface area (Å²) in [5.74, 6) is -0.500. The van der Waals surface area contributed by atoms with Crippen LogP contribution in [0.25, 0.3) is 0 Å². The summed E-state index contributed by atoms with van der Waals surface area (Å²) in [6.07, 6.45) is -0.317. The Balaban J connectivity index is 2.39. The van der Waals surface area contributed by atoms with Crippen LogP contribution in [0.1, 0.15) is 40.5 Å². The highest BCUT2D eigenvalue weighted by atomic mass is 16.6. The molecule has 0 radical (unpaired) electrons. The molecule has 1 rings (SSSR count). The van der Waals surface area contributed by atoms with Crippen molar-refractivity contribution in [1.82, 2.24) is 9.80 Å². The Morgan fingerprint density at radius 2 is 1.95 bits per heavy atom. The summed E-state index contributed by atoms with van der Waals surface area (Å²) in [5.41, 5.74) is -0.505. The smallest absolute Gasteiger partial charge is 0.408 e. The predicted octanol–water partition coefficient (Wildman–Crippen LogP) is 1.32. The van der Waals surface area contributed by atoms with Gasteiger partial charge in [0, 0.05) is 26.1 Å². The van der Waals surface area contributed by atoms with Crippen molar-refractivity contribution in [2.75, 3.05) is 19.6 Å². The zero-order valence-corrected chi connectivity index (χ0v) is 13.1. The Morgan fingerprint density at radius 1 is 1.33 bits per heavy atom. The topological polar surface area (TPSA) is 87.2 Å². The molecular formula is C14H24N2O5. The lowest BCUT2D eigenvalue weighted by atomic mass is 10.1. The van der Waals surface area contributed by atoms with E-state index >= 15 is 0 Å². The summed E-state index contributed by atoms with van der Waals surface area (Å²) < 4.78 is 5.20. The maximum atomic E-state index is 12.0. The summed E-state index contributed by atoms with van der Waals surface area (Å²) in [6, 6.07) is -0.669. The van der Waals surface area contributed by atoms with E-state index in [4.69, 9.17) is 9.84 Å². The highest BCUT2D eigenvalue weighted by Crippen LogP contribution is 2.13. The van der Waals surface area contributed by atoms with Crippen molar-refractivity contribution in [2.45, 2.75) is 52.2 Å². The van der Waals surface area contributed by atoms with Crippen LogP contribution in [0.2, 0.25) is 0 Å². The average molecular weight is 300 g/mol. The molecular weight excluding hydrogens is 276 g/mol. The number of hydrogen-bond donors (Lipinski definition) is 1. The first-order valence-electron chi connectivity index (χ1n) is 7.12. The van der Waals surface area contributed by atoms with E-state index in [0.29, 0.717) is 26.1 Å². The van der Waals surface area contributed by atoms with Crippen molar-refractivity contribution >= 4 is 18.0 Å². The molecule has 0 aromatic heterocycles. The standard InChI is InChI=1S/C14H24N2O5/c1-10-12(18)15(8-9-16(10)13(19)20)7-5-6-11(17)21-14(2,3)4/h10H,5-9H2,1-4H3,(H,19,20). The lowest BCUT2D eigenvalue weighted by Gasteiger charge is -2.37. The molecule has 0 bridgehead atoms. The molecule has 120 valence electrons. The first-order valence-corrected chi connectivity index (χ1v) is 7.12. The molecule has 1 aliphatic heterocycles. The number of hydrogen-bond acceptors (Lipinski definition) is 4. The van der Waals surface area contributed by atoms with Crippen LogP contribution in [-0.2, 0) is 14.3 Å². The molecule has 1 fully saturated rings. The second kappa shape index (κ2) is 6.78. The zero-order valence-electron chi connectivity index (χ0n) is 13.1. The Hall–Kier alpha value is -1.79. The van der Waals surface area contributed by atoms with Crippen molar-refractivity contribution in [3.05, 3.63) is 0 Å². The van der Waals surface area contributed by atoms with Gasteiger partial charge in [0.1, 0.15) is 11.6 Å². The van der Waals surface area contributed by atoms with Crippen molar-refractivity contribution in [3.8, 4) is 0 Å². The van der Waals surface area contributed by atoms with Gasteiger partial charge >= 0.3 is 12.1 Å². The minimum Gasteiger partial charge on any atom is -0.465 e. The van der Waals surface area contributed by atoms with Crippen molar-refractivity contribution in [2.24, 2.45) is 0 Å². The van der Waals surface area contributed by atoms with Gasteiger partial charge in [-0.2, -0.15) is 0 Å². The van der Waals surface area contributed by atoms with Crippen LogP contribution in [-0.4, -0.2) is 64.2 Å². The van der Waals surface area contributed by atoms with Gasteiger partial charge in [-0.05, 0) is 34.1 Å². The maximum absolute atomic E-state index is 12.0. The van der Waals surface area contributed by atoms with Crippen LogP contribution >= 0.6 is 0 Å². The second-order valence-corrected chi connectivity index (χ2v) is 6.17. The number of amides is 2. The molecule has 0 saturated carbocycles. The van der Waals surface area contributed by atoms with Crippen LogP contribution in [0.5, 0.6) is 0 Å². The number of piperazine rings is 1. The summed E-state index contributed by atoms with van der Waals surface area (Å²) in [6.45, 7) is 8.11. The molecule has 7 nitrogen and oxygen atoms in total. The molecule has 21 heavy (non-hydrogen) atoms. The third-order valence-electron chi connectivity index (χ3n) is 3.22. The lowest BCUT2D eigenvalue weighted by molar-refractivity contribution is -0.155. The molecule has 0 aliphatic carbocycles. The van der Waals surface area contributed by atoms with Crippen LogP contribution in [0.4, 0.5) is 4.79 Å². The lowest BCUT2D eigenvalue weighted by Crippen LogP contribution is -2.57. The molecule has 1 atom stereocenters. The van der Waals surface area contributed by atoms with E-state index in [1.54, 1.807) is 32.6 Å². The van der Waals surface area contributed by atoms with Gasteiger partial charge < -0.3 is 14.7 Å². The zero-order chi connectivity index (χ0) is 16.2. The monoisotopic (exact) mass is 300 g/mol. The fourth-order valence-corrected chi connectivity index (χ4v) is 2.22. The largest absolute Gasteiger partial charge is 0.465 e. The van der Waals surface area contributed by atoms with Gasteiger partial charge in [0.25, 0.3) is 0 Å². The maximum Gasteiger partial charge on any atom is 0.408 e. The quantitative estimate of drug-likeness (QED) is 0.791. The molecule has 7 heteroatoms. The van der Waals surface area contributed by atoms with Gasteiger partial charge in [-0.15, -0.1) is 0 Å². The van der Waals surface area contributed by atoms with Crippen LogP contribution < -0.4 is 0 Å². The van der Waals surface area contributed by atoms with E-state index in [2.05, 4.69) is 0 Å². The predicted molar refractivity (Wildman–Crippen MR) is 75.9 cm³/mol. The molecule has 1 heterocycles. The van der Waals surface area contributed by atoms with Crippen molar-refractivity contribution < 1.29 is 24.2 Å². The van der Waals surface area contributed by atoms with Crippen LogP contribution in [0.15, 0.2) is 0 Å². The molecule has 1 aliphatic rings. The Morgan fingerprint density at radius 3 is 2.48 bits per heavy atom. The minimum atomic E-state index is -1.08. The molecule has 1 saturated heterocycles. The molecule has 0 aromatic rings. The number of rotatable bonds is 4. The molecule has 1 unspecified atom stereocenters. The Bertz CT molecular complexity index is 416. The SMILES string of the molecule is CC1C(=O)N(CCCC(=O)OC(C)(C)C)CCN1C(=O)O. The molecule has 0 aromatic carbocycles. The summed E-state index contributed by atoms with van der Waals surface area (Å²) in [4.78, 5) is 37.3. The van der Waals surface area contributed by atoms with E-state index < -0.39 is 17.7 Å². The first kappa shape index (κ1) is 17.3. The highest BCUT2D eigenvalue weighted by molar-refractivity contribution is 5.86. The summed E-state index contributed by atoms with van der Waals surface area (Å²) >= 11 is 0. The number of carbonyl (C=O) groups excluding carboxylic acids is 2. The number of carbonyl (C=O) groups is 3. The van der Waals surface area contributed by atoms with Gasteiger partial charge in [0.15, 0.2) is 0 Å². The van der Waals surface area contributed by atoms with E-state index in [1.165, 1.54) is 0 Å². The van der Waals surface area contributed by atoms with Crippen LogP contribution in [0.3, 0.4) is 0 Å². The molecule has 0 spiro atoms. The van der Waals surface area contributed by atoms with Crippen molar-refractivity contribution in [1.29, 1.82) is 0 Å². The third kappa shape index (κ3) is 5.24. The van der Waals surface area contributed by atoms with E-state index in [1.807, 2.05) is 0 Å². The van der Waals surface area contributed by atoms with Crippen LogP contribution in [0, 0.1) is 0 Å². The number of nitrogens with zero attached hydrogens (tertiary/aromatic N) is 2. The van der Waals surface area contributed by atoms with E-state index in [-0.39, 0.29) is 18.3 Å². The number of esters is 1. The summed E-state index contributed by atoms with van der Waals surface area (Å²) in [7, 11) is 0. The van der Waals surface area contributed by atoms with E-state index in [0.717, 1.165) is 4.90 Å². The number of carboxylic acid groups (broad SMARTS) is 1. The third-order valence-corrected chi connectivity index (χ3v) is 3.22. The van der Waals surface area contributed by atoms with Gasteiger partial charge in [0.05, 0.1) is 0 Å².